The minimum absolute atomic E-state index is 0.0183. The number of nitro benzene ring substituents is 1. The van der Waals surface area contributed by atoms with Crippen molar-refractivity contribution in [2.75, 3.05) is 6.54 Å². The fourth-order valence-corrected chi connectivity index (χ4v) is 2.49. The van der Waals surface area contributed by atoms with Gasteiger partial charge in [-0.15, -0.1) is 0 Å². The van der Waals surface area contributed by atoms with Gasteiger partial charge in [-0.1, -0.05) is 24.3 Å². The fraction of sp³-hybridized carbons (Fsp3) is 0.118. The highest BCUT2D eigenvalue weighted by molar-refractivity contribution is 9.10. The Kier molecular flexibility index (Phi) is 6.98. The van der Waals surface area contributed by atoms with E-state index < -0.39 is 10.8 Å². The zero-order chi connectivity index (χ0) is 18.9. The van der Waals surface area contributed by atoms with E-state index in [4.69, 9.17) is 0 Å². The molecule has 0 aliphatic carbocycles. The molecule has 0 unspecified atom stereocenters. The first-order valence-electron chi connectivity index (χ1n) is 7.57. The second-order valence-electron chi connectivity index (χ2n) is 5.09. The van der Waals surface area contributed by atoms with E-state index in [1.54, 1.807) is 36.4 Å². The summed E-state index contributed by atoms with van der Waals surface area (Å²) in [5, 5.41) is 17.2. The monoisotopic (exact) mass is 418 g/mol. The molecule has 0 spiro atoms. The molecule has 0 aromatic heterocycles. The van der Waals surface area contributed by atoms with Crippen molar-refractivity contribution in [3.05, 3.63) is 74.2 Å². The van der Waals surface area contributed by atoms with Gasteiger partial charge in [0.25, 0.3) is 11.6 Å². The molecule has 0 saturated carbocycles. The minimum atomic E-state index is -0.527. The molecule has 0 aliphatic rings. The van der Waals surface area contributed by atoms with Crippen LogP contribution in [0.5, 0.6) is 0 Å². The first kappa shape index (κ1) is 19.3. The average Bonchev–Trinajstić information content (AvgIpc) is 2.62. The third-order valence-electron chi connectivity index (χ3n) is 3.28. The van der Waals surface area contributed by atoms with Crippen LogP contribution < -0.4 is 10.7 Å². The number of halogens is 1. The van der Waals surface area contributed by atoms with Crippen LogP contribution in [0.25, 0.3) is 0 Å². The second-order valence-corrected chi connectivity index (χ2v) is 5.95. The fourth-order valence-electron chi connectivity index (χ4n) is 2.02. The molecule has 0 aliphatic heterocycles. The van der Waals surface area contributed by atoms with Crippen molar-refractivity contribution in [3.8, 4) is 0 Å². The van der Waals surface area contributed by atoms with Crippen LogP contribution in [0.15, 0.2) is 58.1 Å². The van der Waals surface area contributed by atoms with Gasteiger partial charge < -0.3 is 5.32 Å². The molecule has 0 atom stereocenters. The maximum absolute atomic E-state index is 12.0. The van der Waals surface area contributed by atoms with Gasteiger partial charge in [0.15, 0.2) is 0 Å². The van der Waals surface area contributed by atoms with Crippen LogP contribution in [0.3, 0.4) is 0 Å². The Hall–Kier alpha value is -3.07. The van der Waals surface area contributed by atoms with Crippen LogP contribution >= 0.6 is 15.9 Å². The summed E-state index contributed by atoms with van der Waals surface area (Å²) in [7, 11) is 0. The molecule has 0 saturated heterocycles. The molecule has 0 fully saturated rings. The highest BCUT2D eigenvalue weighted by Gasteiger charge is 2.11. The van der Waals surface area contributed by atoms with Crippen LogP contribution in [0.2, 0.25) is 0 Å². The van der Waals surface area contributed by atoms with Gasteiger partial charge in [0, 0.05) is 23.5 Å². The molecule has 0 radical (unpaired) electrons. The van der Waals surface area contributed by atoms with Gasteiger partial charge in [0.05, 0.1) is 22.3 Å². The van der Waals surface area contributed by atoms with Crippen molar-refractivity contribution >= 4 is 39.6 Å². The largest absolute Gasteiger partial charge is 0.351 e. The minimum Gasteiger partial charge on any atom is -0.351 e. The Morgan fingerprint density at radius 2 is 1.85 bits per heavy atom. The molecule has 26 heavy (non-hydrogen) atoms. The number of hydrazone groups is 1. The number of hydrogen-bond acceptors (Lipinski definition) is 5. The molecular weight excluding hydrogens is 404 g/mol. The van der Waals surface area contributed by atoms with Gasteiger partial charge in [-0.2, -0.15) is 5.10 Å². The molecule has 0 heterocycles. The van der Waals surface area contributed by atoms with Crippen molar-refractivity contribution in [2.45, 2.75) is 6.42 Å². The summed E-state index contributed by atoms with van der Waals surface area (Å²) in [5.74, 6) is -0.721. The molecule has 2 N–H and O–H groups in total. The van der Waals surface area contributed by atoms with Gasteiger partial charge in [0.2, 0.25) is 5.91 Å². The standard InChI is InChI=1S/C17H15BrN4O4/c18-14-7-3-2-6-13(14)17(24)19-10-9-16(23)21-20-11-12-5-1-4-8-15(12)22(25)26/h1-8,11H,9-10H2,(H,19,24)(H,21,23). The summed E-state index contributed by atoms with van der Waals surface area (Å²) in [5.41, 5.74) is 2.92. The number of rotatable bonds is 7. The molecule has 0 bridgehead atoms. The Bertz CT molecular complexity index is 854. The summed E-state index contributed by atoms with van der Waals surface area (Å²) < 4.78 is 0.663. The smallest absolute Gasteiger partial charge is 0.278 e. The predicted molar refractivity (Wildman–Crippen MR) is 99.9 cm³/mol. The normalized spacial score (nSPS) is 10.5. The van der Waals surface area contributed by atoms with Crippen LogP contribution in [0.4, 0.5) is 5.69 Å². The van der Waals surface area contributed by atoms with E-state index >= 15 is 0 Å². The van der Waals surface area contributed by atoms with Gasteiger partial charge in [-0.25, -0.2) is 5.43 Å². The Labute approximate surface area is 157 Å². The lowest BCUT2D eigenvalue weighted by Gasteiger charge is -2.06. The van der Waals surface area contributed by atoms with Crippen LogP contribution in [0, 0.1) is 10.1 Å². The predicted octanol–water partition coefficient (Wildman–Crippen LogP) is 2.63. The van der Waals surface area contributed by atoms with Crippen LogP contribution in [0.1, 0.15) is 22.3 Å². The number of carbonyl (C=O) groups is 2. The van der Waals surface area contributed by atoms with Crippen LogP contribution in [-0.4, -0.2) is 29.5 Å². The molecule has 2 aromatic carbocycles. The highest BCUT2D eigenvalue weighted by atomic mass is 79.9. The molecule has 9 heteroatoms. The van der Waals surface area contributed by atoms with Crippen molar-refractivity contribution in [3.63, 3.8) is 0 Å². The van der Waals surface area contributed by atoms with E-state index in [0.717, 1.165) is 0 Å². The summed E-state index contributed by atoms with van der Waals surface area (Å²) in [4.78, 5) is 34.0. The molecule has 2 aromatic rings. The van der Waals surface area contributed by atoms with Crippen molar-refractivity contribution < 1.29 is 14.5 Å². The summed E-state index contributed by atoms with van der Waals surface area (Å²) >= 11 is 3.28. The number of amides is 2. The summed E-state index contributed by atoms with van der Waals surface area (Å²) in [6, 6.07) is 13.0. The second kappa shape index (κ2) is 9.42. The van der Waals surface area contributed by atoms with E-state index in [1.807, 2.05) is 0 Å². The van der Waals surface area contributed by atoms with E-state index in [0.29, 0.717) is 10.0 Å². The molecule has 2 rings (SSSR count). The van der Waals surface area contributed by atoms with Gasteiger partial charge in [-0.3, -0.25) is 19.7 Å². The van der Waals surface area contributed by atoms with Crippen LogP contribution in [-0.2, 0) is 4.79 Å². The molecule has 8 nitrogen and oxygen atoms in total. The number of nitrogens with one attached hydrogen (secondary N) is 2. The van der Waals surface area contributed by atoms with E-state index in [2.05, 4.69) is 31.8 Å². The molecular formula is C17H15BrN4O4. The quantitative estimate of drug-likeness (QED) is 0.408. The Morgan fingerprint density at radius 3 is 2.58 bits per heavy atom. The Morgan fingerprint density at radius 1 is 1.15 bits per heavy atom. The van der Waals surface area contributed by atoms with Gasteiger partial charge >= 0.3 is 0 Å². The average molecular weight is 419 g/mol. The lowest BCUT2D eigenvalue weighted by atomic mass is 10.2. The number of carbonyl (C=O) groups excluding carboxylic acids is 2. The SMILES string of the molecule is O=C(CCNC(=O)c1ccccc1Br)NN=Cc1ccccc1[N+](=O)[O-]. The third-order valence-corrected chi connectivity index (χ3v) is 3.97. The lowest BCUT2D eigenvalue weighted by molar-refractivity contribution is -0.385. The van der Waals surface area contributed by atoms with E-state index in [9.17, 15) is 19.7 Å². The van der Waals surface area contributed by atoms with E-state index in [1.165, 1.54) is 18.3 Å². The Balaban J connectivity index is 1.80. The van der Waals surface area contributed by atoms with Gasteiger partial charge in [-0.05, 0) is 34.1 Å². The number of nitro groups is 1. The highest BCUT2D eigenvalue weighted by Crippen LogP contribution is 2.16. The zero-order valence-electron chi connectivity index (χ0n) is 13.5. The summed E-state index contributed by atoms with van der Waals surface area (Å²) in [6.45, 7) is 0.132. The molecule has 2 amide bonds. The number of nitrogens with zero attached hydrogens (tertiary/aromatic N) is 2. The zero-order valence-corrected chi connectivity index (χ0v) is 15.1. The first-order valence-corrected chi connectivity index (χ1v) is 8.36. The molecule has 134 valence electrons. The topological polar surface area (TPSA) is 114 Å². The summed E-state index contributed by atoms with van der Waals surface area (Å²) in [6.07, 6.45) is 1.22. The van der Waals surface area contributed by atoms with Gasteiger partial charge in [0.1, 0.15) is 0 Å². The van der Waals surface area contributed by atoms with Crippen molar-refractivity contribution in [2.24, 2.45) is 5.10 Å². The van der Waals surface area contributed by atoms with Crippen molar-refractivity contribution in [1.29, 1.82) is 0 Å². The third kappa shape index (κ3) is 5.49. The van der Waals surface area contributed by atoms with E-state index in [-0.39, 0.29) is 30.1 Å². The number of benzene rings is 2. The first-order chi connectivity index (χ1) is 12.5. The van der Waals surface area contributed by atoms with Crippen molar-refractivity contribution in [1.82, 2.24) is 10.7 Å². The number of hydrogen-bond donors (Lipinski definition) is 2. The maximum Gasteiger partial charge on any atom is 0.278 e. The maximum atomic E-state index is 12.0. The number of para-hydroxylation sites is 1. The lowest BCUT2D eigenvalue weighted by Crippen LogP contribution is -2.29.